The van der Waals surface area contributed by atoms with Crippen LogP contribution in [0.2, 0.25) is 0 Å². The Labute approximate surface area is 129 Å². The van der Waals surface area contributed by atoms with Crippen LogP contribution in [-0.4, -0.2) is 20.7 Å². The summed E-state index contributed by atoms with van der Waals surface area (Å²) in [5.41, 5.74) is 2.90. The number of fused-ring (bicyclic) bond motifs is 2. The number of nitrogens with one attached hydrogen (secondary N) is 1. The molecule has 1 aromatic carbocycles. The van der Waals surface area contributed by atoms with Crippen LogP contribution in [0.4, 0.5) is 5.82 Å². The van der Waals surface area contributed by atoms with Crippen LogP contribution in [0.15, 0.2) is 24.3 Å². The van der Waals surface area contributed by atoms with Gasteiger partial charge in [0.1, 0.15) is 0 Å². The molecule has 0 fully saturated rings. The second-order valence-electron chi connectivity index (χ2n) is 5.68. The first kappa shape index (κ1) is 14.5. The minimum Gasteiger partial charge on any atom is -0.309 e. The third-order valence-electron chi connectivity index (χ3n) is 3.78. The number of aryl methyl sites for hydroxylation is 2. The van der Waals surface area contributed by atoms with Crippen molar-refractivity contribution in [3.63, 3.8) is 0 Å². The molecule has 0 aliphatic heterocycles. The van der Waals surface area contributed by atoms with E-state index in [0.29, 0.717) is 12.2 Å². The van der Waals surface area contributed by atoms with E-state index in [1.807, 2.05) is 26.1 Å². The molecular weight excluding hydrogens is 276 g/mol. The number of pyridine rings is 1. The van der Waals surface area contributed by atoms with Crippen molar-refractivity contribution in [1.82, 2.24) is 14.8 Å². The van der Waals surface area contributed by atoms with Crippen LogP contribution in [0.25, 0.3) is 21.9 Å². The Hall–Kier alpha value is -2.43. The molecule has 0 saturated carbocycles. The molecule has 0 bridgehead atoms. The first-order valence-corrected chi connectivity index (χ1v) is 7.62. The van der Waals surface area contributed by atoms with Crippen LogP contribution < -0.4 is 5.32 Å². The number of nitrogens with zero attached hydrogens (tertiary/aromatic N) is 3. The van der Waals surface area contributed by atoms with E-state index >= 15 is 0 Å². The van der Waals surface area contributed by atoms with E-state index in [9.17, 15) is 4.79 Å². The van der Waals surface area contributed by atoms with Crippen molar-refractivity contribution in [3.8, 4) is 0 Å². The Kier molecular flexibility index (Phi) is 3.79. The molecule has 3 aromatic rings. The van der Waals surface area contributed by atoms with Crippen LogP contribution in [-0.2, 0) is 11.8 Å². The van der Waals surface area contributed by atoms with Gasteiger partial charge in [0.15, 0.2) is 11.5 Å². The summed E-state index contributed by atoms with van der Waals surface area (Å²) in [6.45, 7) is 4.12. The quantitative estimate of drug-likeness (QED) is 0.801. The van der Waals surface area contributed by atoms with Gasteiger partial charge in [-0.05, 0) is 31.0 Å². The molecule has 0 aliphatic carbocycles. The van der Waals surface area contributed by atoms with E-state index < -0.39 is 0 Å². The van der Waals surface area contributed by atoms with Gasteiger partial charge in [-0.1, -0.05) is 25.5 Å². The summed E-state index contributed by atoms with van der Waals surface area (Å²) in [6, 6.07) is 8.21. The molecule has 2 aromatic heterocycles. The number of anilines is 1. The van der Waals surface area contributed by atoms with E-state index in [4.69, 9.17) is 0 Å². The fourth-order valence-electron chi connectivity index (χ4n) is 2.56. The molecule has 0 radical (unpaired) electrons. The summed E-state index contributed by atoms with van der Waals surface area (Å²) in [5.74, 6) is 0.597. The molecule has 1 amide bonds. The molecule has 5 heteroatoms. The maximum Gasteiger partial charge on any atom is 0.225 e. The van der Waals surface area contributed by atoms with Crippen molar-refractivity contribution in [2.45, 2.75) is 33.1 Å². The summed E-state index contributed by atoms with van der Waals surface area (Å²) in [4.78, 5) is 16.6. The Morgan fingerprint density at radius 1 is 1.32 bits per heavy atom. The molecule has 0 aliphatic rings. The number of benzene rings is 1. The van der Waals surface area contributed by atoms with E-state index in [0.717, 1.165) is 34.8 Å². The molecule has 0 spiro atoms. The molecule has 0 unspecified atom stereocenters. The van der Waals surface area contributed by atoms with Crippen LogP contribution in [0.3, 0.4) is 0 Å². The van der Waals surface area contributed by atoms with E-state index in [-0.39, 0.29) is 5.91 Å². The zero-order valence-electron chi connectivity index (χ0n) is 13.2. The summed E-state index contributed by atoms with van der Waals surface area (Å²) in [7, 11) is 1.85. The van der Waals surface area contributed by atoms with Crippen molar-refractivity contribution in [2.24, 2.45) is 7.05 Å². The van der Waals surface area contributed by atoms with Gasteiger partial charge in [-0.15, -0.1) is 0 Å². The maximum absolute atomic E-state index is 12.0. The van der Waals surface area contributed by atoms with Crippen LogP contribution in [0, 0.1) is 6.92 Å². The third kappa shape index (κ3) is 2.66. The number of aromatic nitrogens is 3. The van der Waals surface area contributed by atoms with Gasteiger partial charge in [0, 0.05) is 18.9 Å². The highest BCUT2D eigenvalue weighted by Gasteiger charge is 2.13. The Morgan fingerprint density at radius 3 is 2.91 bits per heavy atom. The molecule has 3 rings (SSSR count). The van der Waals surface area contributed by atoms with Gasteiger partial charge in [0.2, 0.25) is 5.91 Å². The molecule has 22 heavy (non-hydrogen) atoms. The van der Waals surface area contributed by atoms with E-state index in [1.165, 1.54) is 5.56 Å². The van der Waals surface area contributed by atoms with Gasteiger partial charge in [0.25, 0.3) is 0 Å². The molecule has 0 atom stereocenters. The van der Waals surface area contributed by atoms with Crippen molar-refractivity contribution in [1.29, 1.82) is 0 Å². The summed E-state index contributed by atoms with van der Waals surface area (Å²) in [5, 5.41) is 9.24. The number of carbonyl (C=O) groups is 1. The van der Waals surface area contributed by atoms with E-state index in [1.54, 1.807) is 4.68 Å². The Bertz CT molecular complexity index is 851. The van der Waals surface area contributed by atoms with Crippen molar-refractivity contribution in [3.05, 3.63) is 29.8 Å². The highest BCUT2D eigenvalue weighted by molar-refractivity contribution is 6.02. The van der Waals surface area contributed by atoms with Crippen molar-refractivity contribution < 1.29 is 4.79 Å². The zero-order valence-corrected chi connectivity index (χ0v) is 13.2. The van der Waals surface area contributed by atoms with Gasteiger partial charge in [-0.2, -0.15) is 5.10 Å². The zero-order chi connectivity index (χ0) is 15.7. The fourth-order valence-corrected chi connectivity index (χ4v) is 2.56. The van der Waals surface area contributed by atoms with Gasteiger partial charge in [0.05, 0.1) is 10.9 Å². The number of carbonyl (C=O) groups excluding carboxylic acids is 1. The molecule has 1 N–H and O–H groups in total. The first-order chi connectivity index (χ1) is 10.6. The average Bonchev–Trinajstić information content (AvgIpc) is 2.79. The van der Waals surface area contributed by atoms with Gasteiger partial charge >= 0.3 is 0 Å². The fraction of sp³-hybridized carbons (Fsp3) is 0.353. The number of hydrogen-bond donors (Lipinski definition) is 1. The van der Waals surface area contributed by atoms with E-state index in [2.05, 4.69) is 34.5 Å². The minimum absolute atomic E-state index is 0.00542. The average molecular weight is 296 g/mol. The summed E-state index contributed by atoms with van der Waals surface area (Å²) < 4.78 is 1.71. The second kappa shape index (κ2) is 5.75. The second-order valence-corrected chi connectivity index (χ2v) is 5.68. The smallest absolute Gasteiger partial charge is 0.225 e. The minimum atomic E-state index is 0.00542. The summed E-state index contributed by atoms with van der Waals surface area (Å²) in [6.07, 6.45) is 2.41. The maximum atomic E-state index is 12.0. The molecule has 114 valence electrons. The predicted molar refractivity (Wildman–Crippen MR) is 88.9 cm³/mol. The number of rotatable bonds is 4. The van der Waals surface area contributed by atoms with Crippen molar-refractivity contribution in [2.75, 3.05) is 5.32 Å². The van der Waals surface area contributed by atoms with Gasteiger partial charge in [-0.3, -0.25) is 4.79 Å². The molecule has 0 saturated heterocycles. The normalized spacial score (nSPS) is 11.2. The van der Waals surface area contributed by atoms with Crippen LogP contribution >= 0.6 is 0 Å². The van der Waals surface area contributed by atoms with Crippen LogP contribution in [0.5, 0.6) is 0 Å². The Balaban J connectivity index is 2.04. The highest BCUT2D eigenvalue weighted by Crippen LogP contribution is 2.26. The lowest BCUT2D eigenvalue weighted by molar-refractivity contribution is -0.116. The predicted octanol–water partition coefficient (Wildman–Crippen LogP) is 3.56. The molecular formula is C17H20N4O. The highest BCUT2D eigenvalue weighted by atomic mass is 16.1. The van der Waals surface area contributed by atoms with Gasteiger partial charge in [-0.25, -0.2) is 9.67 Å². The standard InChI is InChI=1S/C17H20N4O/c1-4-5-6-15(22)19-16-13-10-12-8-7-11(2)9-14(12)18-17(13)21(3)20-16/h7-10H,4-6H2,1-3H3,(H,19,20,22). The first-order valence-electron chi connectivity index (χ1n) is 7.62. The largest absolute Gasteiger partial charge is 0.309 e. The SMILES string of the molecule is CCCCC(=O)Nc1nn(C)c2nc3cc(C)ccc3cc12. The lowest BCUT2D eigenvalue weighted by Gasteiger charge is -2.03. The molecule has 2 heterocycles. The molecule has 5 nitrogen and oxygen atoms in total. The van der Waals surface area contributed by atoms with Crippen LogP contribution in [0.1, 0.15) is 31.7 Å². The topological polar surface area (TPSA) is 59.8 Å². The number of amides is 1. The monoisotopic (exact) mass is 296 g/mol. The van der Waals surface area contributed by atoms with Crippen molar-refractivity contribution >= 4 is 33.7 Å². The Morgan fingerprint density at radius 2 is 2.14 bits per heavy atom. The number of unbranched alkanes of at least 4 members (excludes halogenated alkanes) is 1. The van der Waals surface area contributed by atoms with Gasteiger partial charge < -0.3 is 5.32 Å². The number of hydrogen-bond acceptors (Lipinski definition) is 3. The summed E-state index contributed by atoms with van der Waals surface area (Å²) >= 11 is 0. The lowest BCUT2D eigenvalue weighted by Crippen LogP contribution is -2.11. The lowest BCUT2D eigenvalue weighted by atomic mass is 10.1. The third-order valence-corrected chi connectivity index (χ3v) is 3.78.